The molecule has 0 aliphatic carbocycles. The Kier molecular flexibility index (Phi) is 4.19. The molecule has 2 aromatic rings. The van der Waals surface area contributed by atoms with Crippen LogP contribution in [0.25, 0.3) is 11.3 Å². The summed E-state index contributed by atoms with van der Waals surface area (Å²) in [5.74, 6) is 0. The molecule has 0 fully saturated rings. The second-order valence-corrected chi connectivity index (χ2v) is 4.64. The topological polar surface area (TPSA) is 12.0 Å². The molecule has 0 amide bonds. The zero-order valence-corrected chi connectivity index (χ0v) is 11.5. The fourth-order valence-corrected chi connectivity index (χ4v) is 2.03. The van der Waals surface area contributed by atoms with Gasteiger partial charge in [0.05, 0.1) is 0 Å². The van der Waals surface area contributed by atoms with Crippen molar-refractivity contribution in [3.8, 4) is 0 Å². The minimum absolute atomic E-state index is 0.939. The van der Waals surface area contributed by atoms with Crippen LogP contribution in [-0.4, -0.2) is 0 Å². The summed E-state index contributed by atoms with van der Waals surface area (Å²) in [4.78, 5) is 0. The van der Waals surface area contributed by atoms with Gasteiger partial charge in [-0.2, -0.15) is 0 Å². The Balaban J connectivity index is 2.51. The third-order valence-corrected chi connectivity index (χ3v) is 2.98. The van der Waals surface area contributed by atoms with Gasteiger partial charge in [0.15, 0.2) is 0 Å². The molecular weight excluding hydrogens is 230 g/mol. The number of rotatable bonds is 4. The van der Waals surface area contributed by atoms with Crippen LogP contribution in [0.15, 0.2) is 72.9 Å². The minimum Gasteiger partial charge on any atom is -0.359 e. The summed E-state index contributed by atoms with van der Waals surface area (Å²) in [6.07, 6.45) is 0. The van der Waals surface area contributed by atoms with Gasteiger partial charge in [-0.1, -0.05) is 67.2 Å². The molecule has 0 heterocycles. The van der Waals surface area contributed by atoms with Gasteiger partial charge in [0.25, 0.3) is 0 Å². The van der Waals surface area contributed by atoms with E-state index < -0.39 is 0 Å². The SMILES string of the molecule is C=C(C)N/C(=C(\C)c1ccccc1)c1ccccc1. The highest BCUT2D eigenvalue weighted by atomic mass is 14.9. The summed E-state index contributed by atoms with van der Waals surface area (Å²) in [6.45, 7) is 8.06. The van der Waals surface area contributed by atoms with Gasteiger partial charge in [-0.25, -0.2) is 0 Å². The van der Waals surface area contributed by atoms with E-state index >= 15 is 0 Å². The van der Waals surface area contributed by atoms with Gasteiger partial charge >= 0.3 is 0 Å². The normalized spacial score (nSPS) is 11.7. The molecule has 1 nitrogen and oxygen atoms in total. The Morgan fingerprint density at radius 1 is 0.789 bits per heavy atom. The standard InChI is InChI=1S/C18H19N/c1-14(2)19-18(17-12-8-5-9-13-17)15(3)16-10-6-4-7-11-16/h4-13,19H,1H2,2-3H3/b18-15+. The molecule has 1 N–H and O–H groups in total. The van der Waals surface area contributed by atoms with E-state index in [0.29, 0.717) is 0 Å². The molecule has 2 rings (SSSR count). The van der Waals surface area contributed by atoms with E-state index in [2.05, 4.69) is 55.2 Å². The number of nitrogens with one attached hydrogen (secondary N) is 1. The summed E-state index contributed by atoms with van der Waals surface area (Å²) >= 11 is 0. The first-order valence-corrected chi connectivity index (χ1v) is 6.42. The van der Waals surface area contributed by atoms with Gasteiger partial charge in [0.2, 0.25) is 0 Å². The monoisotopic (exact) mass is 249 g/mol. The van der Waals surface area contributed by atoms with Crippen molar-refractivity contribution in [1.29, 1.82) is 0 Å². The largest absolute Gasteiger partial charge is 0.359 e. The Bertz CT molecular complexity index is 580. The van der Waals surface area contributed by atoms with Crippen LogP contribution in [0.1, 0.15) is 25.0 Å². The molecule has 0 saturated heterocycles. The van der Waals surface area contributed by atoms with Crippen molar-refractivity contribution in [2.24, 2.45) is 0 Å². The average molecular weight is 249 g/mol. The fourth-order valence-electron chi connectivity index (χ4n) is 2.03. The van der Waals surface area contributed by atoms with Crippen molar-refractivity contribution in [2.75, 3.05) is 0 Å². The summed E-state index contributed by atoms with van der Waals surface area (Å²) in [5.41, 5.74) is 5.66. The molecule has 1 heteroatoms. The molecule has 0 atom stereocenters. The molecule has 19 heavy (non-hydrogen) atoms. The first kappa shape index (κ1) is 13.2. The van der Waals surface area contributed by atoms with Crippen molar-refractivity contribution >= 4 is 11.3 Å². The zero-order chi connectivity index (χ0) is 13.7. The Morgan fingerprint density at radius 3 is 1.74 bits per heavy atom. The lowest BCUT2D eigenvalue weighted by Crippen LogP contribution is -2.10. The van der Waals surface area contributed by atoms with Crippen molar-refractivity contribution in [1.82, 2.24) is 5.32 Å². The van der Waals surface area contributed by atoms with Gasteiger partial charge in [-0.15, -0.1) is 0 Å². The van der Waals surface area contributed by atoms with Crippen LogP contribution in [-0.2, 0) is 0 Å². The number of hydrogen-bond donors (Lipinski definition) is 1. The van der Waals surface area contributed by atoms with Crippen molar-refractivity contribution in [3.63, 3.8) is 0 Å². The first-order valence-electron chi connectivity index (χ1n) is 6.42. The third-order valence-electron chi connectivity index (χ3n) is 2.98. The molecule has 0 radical (unpaired) electrons. The predicted octanol–water partition coefficient (Wildman–Crippen LogP) is 4.70. The second-order valence-electron chi connectivity index (χ2n) is 4.64. The molecule has 0 unspecified atom stereocenters. The lowest BCUT2D eigenvalue weighted by atomic mass is 10.0. The van der Waals surface area contributed by atoms with E-state index in [4.69, 9.17) is 0 Å². The highest BCUT2D eigenvalue weighted by Gasteiger charge is 2.07. The summed E-state index contributed by atoms with van der Waals surface area (Å²) < 4.78 is 0. The van der Waals surface area contributed by atoms with Crippen molar-refractivity contribution in [2.45, 2.75) is 13.8 Å². The molecule has 0 aromatic heterocycles. The first-order chi connectivity index (χ1) is 9.18. The lowest BCUT2D eigenvalue weighted by molar-refractivity contribution is 1.09. The summed E-state index contributed by atoms with van der Waals surface area (Å²) in [6, 6.07) is 20.7. The van der Waals surface area contributed by atoms with E-state index in [1.165, 1.54) is 16.7 Å². The predicted molar refractivity (Wildman–Crippen MR) is 83.3 cm³/mol. The number of benzene rings is 2. The van der Waals surface area contributed by atoms with Crippen LogP contribution in [0.3, 0.4) is 0 Å². The van der Waals surface area contributed by atoms with Crippen LogP contribution < -0.4 is 5.32 Å². The van der Waals surface area contributed by atoms with Crippen molar-refractivity contribution in [3.05, 3.63) is 84.1 Å². The molecule has 0 spiro atoms. The molecule has 0 aliphatic rings. The maximum atomic E-state index is 3.95. The van der Waals surface area contributed by atoms with E-state index in [0.717, 1.165) is 11.4 Å². The van der Waals surface area contributed by atoms with E-state index in [1.54, 1.807) is 0 Å². The van der Waals surface area contributed by atoms with Crippen LogP contribution in [0, 0.1) is 0 Å². The van der Waals surface area contributed by atoms with Crippen LogP contribution in [0.2, 0.25) is 0 Å². The van der Waals surface area contributed by atoms with Gasteiger partial charge in [0.1, 0.15) is 0 Å². The van der Waals surface area contributed by atoms with E-state index in [-0.39, 0.29) is 0 Å². The minimum atomic E-state index is 0.939. The molecular formula is C18H19N. The number of allylic oxidation sites excluding steroid dienone is 2. The van der Waals surface area contributed by atoms with Gasteiger partial charge < -0.3 is 5.32 Å². The zero-order valence-electron chi connectivity index (χ0n) is 11.5. The molecule has 0 aliphatic heterocycles. The average Bonchev–Trinajstić information content (AvgIpc) is 2.46. The van der Waals surface area contributed by atoms with Gasteiger partial charge in [-0.05, 0) is 30.5 Å². The Labute approximate surface area is 115 Å². The molecule has 0 saturated carbocycles. The highest BCUT2D eigenvalue weighted by molar-refractivity contribution is 5.89. The van der Waals surface area contributed by atoms with Crippen LogP contribution >= 0.6 is 0 Å². The van der Waals surface area contributed by atoms with E-state index in [1.807, 2.05) is 31.2 Å². The Morgan fingerprint density at radius 2 is 1.26 bits per heavy atom. The quantitative estimate of drug-likeness (QED) is 0.775. The molecule has 2 aromatic carbocycles. The maximum absolute atomic E-state index is 3.95. The molecule has 96 valence electrons. The van der Waals surface area contributed by atoms with E-state index in [9.17, 15) is 0 Å². The Hall–Kier alpha value is -2.28. The second kappa shape index (κ2) is 6.05. The van der Waals surface area contributed by atoms with Gasteiger partial charge in [-0.3, -0.25) is 0 Å². The molecule has 0 bridgehead atoms. The highest BCUT2D eigenvalue weighted by Crippen LogP contribution is 2.24. The smallest absolute Gasteiger partial charge is 0.0490 e. The maximum Gasteiger partial charge on any atom is 0.0490 e. The van der Waals surface area contributed by atoms with Crippen LogP contribution in [0.5, 0.6) is 0 Å². The third kappa shape index (κ3) is 3.35. The number of hydrogen-bond acceptors (Lipinski definition) is 1. The van der Waals surface area contributed by atoms with Crippen LogP contribution in [0.4, 0.5) is 0 Å². The van der Waals surface area contributed by atoms with Gasteiger partial charge in [0, 0.05) is 11.4 Å². The summed E-state index contributed by atoms with van der Waals surface area (Å²) in [5, 5.41) is 3.38. The fraction of sp³-hybridized carbons (Fsp3) is 0.111. The summed E-state index contributed by atoms with van der Waals surface area (Å²) in [7, 11) is 0. The van der Waals surface area contributed by atoms with Crippen molar-refractivity contribution < 1.29 is 0 Å². The lowest BCUT2D eigenvalue weighted by Gasteiger charge is -2.15.